The second kappa shape index (κ2) is 4.90. The zero-order valence-electron chi connectivity index (χ0n) is 9.59. The normalized spacial score (nSPS) is 12.6. The molecule has 2 rings (SSSR count). The topological polar surface area (TPSA) is 42.7 Å². The molecule has 4 heteroatoms. The third-order valence-corrected chi connectivity index (χ3v) is 2.70. The average Bonchev–Trinajstić information content (AvgIpc) is 2.74. The first kappa shape index (κ1) is 10.8. The van der Waals surface area contributed by atoms with Crippen molar-refractivity contribution in [3.05, 3.63) is 48.3 Å². The number of nitrogens with zero attached hydrogens (tertiary/aromatic N) is 3. The fourth-order valence-electron chi connectivity index (χ4n) is 1.79. The Hall–Kier alpha value is -1.68. The van der Waals surface area contributed by atoms with Crippen molar-refractivity contribution in [2.45, 2.75) is 12.5 Å². The van der Waals surface area contributed by atoms with E-state index in [1.165, 1.54) is 5.69 Å². The largest absolute Gasteiger partial charge is 0.336 e. The van der Waals surface area contributed by atoms with E-state index >= 15 is 0 Å². The van der Waals surface area contributed by atoms with Gasteiger partial charge in [0.2, 0.25) is 0 Å². The highest BCUT2D eigenvalue weighted by atomic mass is 15.1. The molecular formula is C12H16N4. The second-order valence-electron chi connectivity index (χ2n) is 3.80. The molecule has 2 heterocycles. The quantitative estimate of drug-likeness (QED) is 0.838. The van der Waals surface area contributed by atoms with Crippen LogP contribution in [-0.4, -0.2) is 21.6 Å². The van der Waals surface area contributed by atoms with Gasteiger partial charge in [0.15, 0.2) is 0 Å². The van der Waals surface area contributed by atoms with Gasteiger partial charge in [-0.3, -0.25) is 4.98 Å². The molecule has 0 saturated carbocycles. The van der Waals surface area contributed by atoms with Crippen molar-refractivity contribution in [3.63, 3.8) is 0 Å². The molecule has 1 N–H and O–H groups in total. The van der Waals surface area contributed by atoms with E-state index in [1.54, 1.807) is 0 Å². The molecule has 0 aliphatic heterocycles. The van der Waals surface area contributed by atoms with Crippen molar-refractivity contribution in [2.24, 2.45) is 7.05 Å². The molecule has 0 saturated heterocycles. The highest BCUT2D eigenvalue weighted by Crippen LogP contribution is 2.15. The number of aromatic nitrogens is 3. The van der Waals surface area contributed by atoms with Crippen molar-refractivity contribution in [1.29, 1.82) is 0 Å². The first-order valence-electron chi connectivity index (χ1n) is 5.34. The molecule has 0 radical (unpaired) electrons. The van der Waals surface area contributed by atoms with Crippen LogP contribution in [-0.2, 0) is 13.5 Å². The Morgan fingerprint density at radius 2 is 2.31 bits per heavy atom. The first-order chi connectivity index (χ1) is 7.81. The lowest BCUT2D eigenvalue weighted by Gasteiger charge is -2.16. The van der Waals surface area contributed by atoms with Gasteiger partial charge in [0.25, 0.3) is 0 Å². The molecule has 0 aliphatic rings. The van der Waals surface area contributed by atoms with E-state index in [-0.39, 0.29) is 6.04 Å². The summed E-state index contributed by atoms with van der Waals surface area (Å²) >= 11 is 0. The molecule has 0 bridgehead atoms. The molecule has 0 aliphatic carbocycles. The van der Waals surface area contributed by atoms with Crippen LogP contribution in [0.2, 0.25) is 0 Å². The van der Waals surface area contributed by atoms with Crippen LogP contribution in [0.3, 0.4) is 0 Å². The van der Waals surface area contributed by atoms with Gasteiger partial charge in [0, 0.05) is 31.6 Å². The third kappa shape index (κ3) is 2.28. The Morgan fingerprint density at radius 3 is 2.88 bits per heavy atom. The number of pyridine rings is 1. The Balaban J connectivity index is 2.16. The van der Waals surface area contributed by atoms with E-state index in [0.29, 0.717) is 0 Å². The smallest absolute Gasteiger partial charge is 0.0946 e. The minimum atomic E-state index is 0.252. The Labute approximate surface area is 95.4 Å². The standard InChI is InChI=1S/C12H16N4/c1-13-11(12-8-14-9-16(12)2)7-10-5-3-4-6-15-10/h3-6,8-9,11,13H,7H2,1-2H3. The van der Waals surface area contributed by atoms with Gasteiger partial charge in [-0.1, -0.05) is 6.07 Å². The highest BCUT2D eigenvalue weighted by molar-refractivity contribution is 5.12. The van der Waals surface area contributed by atoms with Gasteiger partial charge in [-0.15, -0.1) is 0 Å². The minimum absolute atomic E-state index is 0.252. The fraction of sp³-hybridized carbons (Fsp3) is 0.333. The van der Waals surface area contributed by atoms with Gasteiger partial charge in [-0.25, -0.2) is 4.98 Å². The van der Waals surface area contributed by atoms with Gasteiger partial charge in [0.05, 0.1) is 18.1 Å². The Morgan fingerprint density at radius 1 is 1.44 bits per heavy atom. The van der Waals surface area contributed by atoms with Crippen molar-refractivity contribution >= 4 is 0 Å². The lowest BCUT2D eigenvalue weighted by atomic mass is 10.1. The van der Waals surface area contributed by atoms with Gasteiger partial charge >= 0.3 is 0 Å². The maximum atomic E-state index is 4.34. The van der Waals surface area contributed by atoms with Crippen molar-refractivity contribution < 1.29 is 0 Å². The average molecular weight is 216 g/mol. The van der Waals surface area contributed by atoms with E-state index in [9.17, 15) is 0 Å². The van der Waals surface area contributed by atoms with Crippen LogP contribution in [0.15, 0.2) is 36.9 Å². The number of aryl methyl sites for hydroxylation is 1. The first-order valence-corrected chi connectivity index (χ1v) is 5.34. The molecule has 0 aromatic carbocycles. The second-order valence-corrected chi connectivity index (χ2v) is 3.80. The summed E-state index contributed by atoms with van der Waals surface area (Å²) < 4.78 is 2.03. The maximum Gasteiger partial charge on any atom is 0.0946 e. The highest BCUT2D eigenvalue weighted by Gasteiger charge is 2.13. The molecule has 0 spiro atoms. The van der Waals surface area contributed by atoms with Crippen LogP contribution in [0.4, 0.5) is 0 Å². The van der Waals surface area contributed by atoms with Crippen LogP contribution in [0.25, 0.3) is 0 Å². The van der Waals surface area contributed by atoms with Crippen LogP contribution in [0.1, 0.15) is 17.4 Å². The summed E-state index contributed by atoms with van der Waals surface area (Å²) in [4.78, 5) is 8.47. The Kier molecular flexibility index (Phi) is 3.31. The molecule has 84 valence electrons. The lowest BCUT2D eigenvalue weighted by Crippen LogP contribution is -2.21. The van der Waals surface area contributed by atoms with Crippen LogP contribution in [0.5, 0.6) is 0 Å². The zero-order valence-corrected chi connectivity index (χ0v) is 9.59. The summed E-state index contributed by atoms with van der Waals surface area (Å²) in [5.41, 5.74) is 2.26. The Bertz CT molecular complexity index is 435. The van der Waals surface area contributed by atoms with Crippen molar-refractivity contribution in [1.82, 2.24) is 19.9 Å². The number of nitrogens with one attached hydrogen (secondary N) is 1. The summed E-state index contributed by atoms with van der Waals surface area (Å²) in [6, 6.07) is 6.24. The summed E-state index contributed by atoms with van der Waals surface area (Å²) in [5.74, 6) is 0. The minimum Gasteiger partial charge on any atom is -0.336 e. The molecule has 2 aromatic heterocycles. The zero-order chi connectivity index (χ0) is 11.4. The van der Waals surface area contributed by atoms with E-state index in [0.717, 1.165) is 12.1 Å². The van der Waals surface area contributed by atoms with Gasteiger partial charge < -0.3 is 9.88 Å². The van der Waals surface area contributed by atoms with E-state index < -0.39 is 0 Å². The molecule has 1 unspecified atom stereocenters. The number of rotatable bonds is 4. The summed E-state index contributed by atoms with van der Waals surface area (Å²) in [7, 11) is 3.96. The maximum absolute atomic E-state index is 4.34. The monoisotopic (exact) mass is 216 g/mol. The molecule has 0 amide bonds. The summed E-state index contributed by atoms with van der Waals surface area (Å²) in [6.07, 6.45) is 6.41. The van der Waals surface area contributed by atoms with E-state index in [4.69, 9.17) is 0 Å². The number of hydrogen-bond donors (Lipinski definition) is 1. The van der Waals surface area contributed by atoms with Crippen LogP contribution in [0, 0.1) is 0 Å². The number of likely N-dealkylation sites (N-methyl/N-ethyl adjacent to an activating group) is 1. The predicted molar refractivity (Wildman–Crippen MR) is 62.9 cm³/mol. The molecule has 1 atom stereocenters. The molecule has 4 nitrogen and oxygen atoms in total. The number of imidazole rings is 1. The third-order valence-electron chi connectivity index (χ3n) is 2.70. The molecular weight excluding hydrogens is 200 g/mol. The fourth-order valence-corrected chi connectivity index (χ4v) is 1.79. The van der Waals surface area contributed by atoms with Gasteiger partial charge in [0.1, 0.15) is 0 Å². The van der Waals surface area contributed by atoms with E-state index in [1.807, 2.05) is 55.6 Å². The van der Waals surface area contributed by atoms with Crippen molar-refractivity contribution in [3.8, 4) is 0 Å². The van der Waals surface area contributed by atoms with Gasteiger partial charge in [-0.05, 0) is 19.2 Å². The molecule has 0 fully saturated rings. The summed E-state index contributed by atoms with van der Waals surface area (Å²) in [6.45, 7) is 0. The predicted octanol–water partition coefficient (Wildman–Crippen LogP) is 1.32. The van der Waals surface area contributed by atoms with Crippen molar-refractivity contribution in [2.75, 3.05) is 7.05 Å². The lowest BCUT2D eigenvalue weighted by molar-refractivity contribution is 0.549. The number of hydrogen-bond acceptors (Lipinski definition) is 3. The molecule has 16 heavy (non-hydrogen) atoms. The van der Waals surface area contributed by atoms with Gasteiger partial charge in [-0.2, -0.15) is 0 Å². The SMILES string of the molecule is CNC(Cc1ccccn1)c1cncn1C. The van der Waals surface area contributed by atoms with Crippen LogP contribution >= 0.6 is 0 Å². The van der Waals surface area contributed by atoms with Crippen LogP contribution < -0.4 is 5.32 Å². The van der Waals surface area contributed by atoms with E-state index in [2.05, 4.69) is 15.3 Å². The molecule has 2 aromatic rings. The summed E-state index contributed by atoms with van der Waals surface area (Å²) in [5, 5.41) is 3.29.